The van der Waals surface area contributed by atoms with E-state index < -0.39 is 0 Å². The molecule has 0 aliphatic heterocycles. The van der Waals surface area contributed by atoms with Gasteiger partial charge < -0.3 is 0 Å². The monoisotopic (exact) mass is 198 g/mol. The lowest BCUT2D eigenvalue weighted by Gasteiger charge is -2.03. The van der Waals surface area contributed by atoms with Crippen LogP contribution < -0.4 is 0 Å². The quantitative estimate of drug-likeness (QED) is 0.637. The van der Waals surface area contributed by atoms with Gasteiger partial charge in [-0.05, 0) is 34.2 Å². The summed E-state index contributed by atoms with van der Waals surface area (Å²) in [4.78, 5) is 0. The maximum Gasteiger partial charge on any atom is -0.00558 e. The number of aryl methyl sites for hydroxylation is 1. The zero-order valence-electron chi connectivity index (χ0n) is 9.55. The summed E-state index contributed by atoms with van der Waals surface area (Å²) in [6.07, 6.45) is 2.43. The first kappa shape index (κ1) is 12.7. The summed E-state index contributed by atoms with van der Waals surface area (Å²) in [7, 11) is 0. The molecule has 0 aromatic carbocycles. The second-order valence-electron chi connectivity index (χ2n) is 3.57. The molecular formula is C12H22S. The molecule has 0 aliphatic rings. The molecule has 0 bridgehead atoms. The molecule has 1 heteroatoms. The molecule has 0 aliphatic carbocycles. The first-order valence-corrected chi connectivity index (χ1v) is 6.16. The Labute approximate surface area is 87.0 Å². The third kappa shape index (κ3) is 4.47. The highest BCUT2D eigenvalue weighted by atomic mass is 32.1. The Hall–Kier alpha value is -0.300. The molecule has 13 heavy (non-hydrogen) atoms. The van der Waals surface area contributed by atoms with Crippen LogP contribution >= 0.6 is 11.3 Å². The fourth-order valence-electron chi connectivity index (χ4n) is 1.13. The first-order valence-electron chi connectivity index (χ1n) is 5.22. The van der Waals surface area contributed by atoms with E-state index in [1.165, 1.54) is 24.0 Å². The van der Waals surface area contributed by atoms with Gasteiger partial charge in [-0.1, -0.05) is 41.0 Å². The molecule has 0 unspecified atom stereocenters. The van der Waals surface area contributed by atoms with Gasteiger partial charge in [0.1, 0.15) is 0 Å². The molecule has 0 fully saturated rings. The van der Waals surface area contributed by atoms with Gasteiger partial charge in [0.15, 0.2) is 0 Å². The Morgan fingerprint density at radius 2 is 1.69 bits per heavy atom. The normalized spacial score (nSPS) is 9.69. The van der Waals surface area contributed by atoms with Gasteiger partial charge in [0.2, 0.25) is 0 Å². The second-order valence-corrected chi connectivity index (χ2v) is 4.31. The van der Waals surface area contributed by atoms with Gasteiger partial charge in [-0.15, -0.1) is 0 Å². The lowest BCUT2D eigenvalue weighted by Crippen LogP contribution is -1.88. The van der Waals surface area contributed by atoms with Crippen molar-refractivity contribution in [3.8, 4) is 0 Å². The van der Waals surface area contributed by atoms with Crippen molar-refractivity contribution < 1.29 is 0 Å². The van der Waals surface area contributed by atoms with Crippen molar-refractivity contribution in [3.63, 3.8) is 0 Å². The average molecular weight is 198 g/mol. The van der Waals surface area contributed by atoms with Crippen molar-refractivity contribution in [2.45, 2.75) is 53.4 Å². The van der Waals surface area contributed by atoms with E-state index in [9.17, 15) is 0 Å². The molecule has 0 saturated carbocycles. The minimum absolute atomic E-state index is 0.696. The van der Waals surface area contributed by atoms with Crippen molar-refractivity contribution >= 4 is 11.3 Å². The standard InChI is InChI=1S/C9H14S.C3H8/c1-4-8-5-10-6-9(8)7(2)3;1-3-2/h5-7H,4H2,1-3H3;3H2,1-2H3. The zero-order chi connectivity index (χ0) is 10.3. The minimum Gasteiger partial charge on any atom is -0.152 e. The fraction of sp³-hybridized carbons (Fsp3) is 0.667. The van der Waals surface area contributed by atoms with Crippen molar-refractivity contribution in [3.05, 3.63) is 21.9 Å². The molecular weight excluding hydrogens is 176 g/mol. The van der Waals surface area contributed by atoms with Crippen LogP contribution in [0.4, 0.5) is 0 Å². The molecule has 0 radical (unpaired) electrons. The highest BCUT2D eigenvalue weighted by Gasteiger charge is 2.04. The molecule has 0 amide bonds. The van der Waals surface area contributed by atoms with Crippen LogP contribution in [0, 0.1) is 0 Å². The molecule has 1 aromatic heterocycles. The van der Waals surface area contributed by atoms with Crippen molar-refractivity contribution in [2.75, 3.05) is 0 Å². The number of hydrogen-bond donors (Lipinski definition) is 0. The third-order valence-electron chi connectivity index (χ3n) is 1.78. The van der Waals surface area contributed by atoms with Gasteiger partial charge in [0.25, 0.3) is 0 Å². The summed E-state index contributed by atoms with van der Waals surface area (Å²) < 4.78 is 0. The zero-order valence-corrected chi connectivity index (χ0v) is 10.4. The Morgan fingerprint density at radius 1 is 1.15 bits per heavy atom. The van der Waals surface area contributed by atoms with Gasteiger partial charge >= 0.3 is 0 Å². The summed E-state index contributed by atoms with van der Waals surface area (Å²) in [5.74, 6) is 0.696. The smallest absolute Gasteiger partial charge is 0.00558 e. The van der Waals surface area contributed by atoms with Crippen LogP contribution in [-0.4, -0.2) is 0 Å². The topological polar surface area (TPSA) is 0 Å². The van der Waals surface area contributed by atoms with Crippen LogP contribution in [0.15, 0.2) is 10.8 Å². The van der Waals surface area contributed by atoms with E-state index in [1.54, 1.807) is 0 Å². The first-order chi connectivity index (χ1) is 6.17. The van der Waals surface area contributed by atoms with Crippen molar-refractivity contribution in [1.29, 1.82) is 0 Å². The summed E-state index contributed by atoms with van der Waals surface area (Å²) in [5.41, 5.74) is 3.06. The average Bonchev–Trinajstić information content (AvgIpc) is 2.52. The van der Waals surface area contributed by atoms with Crippen LogP contribution in [0.3, 0.4) is 0 Å². The van der Waals surface area contributed by atoms with Crippen molar-refractivity contribution in [1.82, 2.24) is 0 Å². The second kappa shape index (κ2) is 7.14. The SMILES string of the molecule is CCC.CCc1cscc1C(C)C. The van der Waals surface area contributed by atoms with Gasteiger partial charge in [-0.25, -0.2) is 0 Å². The molecule has 1 rings (SSSR count). The highest BCUT2D eigenvalue weighted by molar-refractivity contribution is 7.08. The summed E-state index contributed by atoms with van der Waals surface area (Å²) in [6, 6.07) is 0. The Bertz CT molecular complexity index is 211. The maximum atomic E-state index is 2.27. The van der Waals surface area contributed by atoms with Gasteiger partial charge in [0.05, 0.1) is 0 Å². The van der Waals surface area contributed by atoms with E-state index in [4.69, 9.17) is 0 Å². The molecule has 1 heterocycles. The number of thiophene rings is 1. The molecule has 0 nitrogen and oxygen atoms in total. The van der Waals surface area contributed by atoms with Gasteiger partial charge in [-0.2, -0.15) is 11.3 Å². The largest absolute Gasteiger partial charge is 0.152 e. The van der Waals surface area contributed by atoms with Crippen LogP contribution in [-0.2, 0) is 6.42 Å². The maximum absolute atomic E-state index is 2.27. The van der Waals surface area contributed by atoms with E-state index in [1.807, 2.05) is 11.3 Å². The van der Waals surface area contributed by atoms with Crippen LogP contribution in [0.2, 0.25) is 0 Å². The Balaban J connectivity index is 0.000000424. The molecule has 0 N–H and O–H groups in total. The predicted octanol–water partition coefficient (Wildman–Crippen LogP) is 4.85. The predicted molar refractivity (Wildman–Crippen MR) is 63.8 cm³/mol. The minimum atomic E-state index is 0.696. The van der Waals surface area contributed by atoms with Crippen molar-refractivity contribution in [2.24, 2.45) is 0 Å². The highest BCUT2D eigenvalue weighted by Crippen LogP contribution is 2.23. The Kier molecular flexibility index (Phi) is 6.97. The van der Waals surface area contributed by atoms with E-state index in [0.717, 1.165) is 0 Å². The fourth-order valence-corrected chi connectivity index (χ4v) is 2.23. The summed E-state index contributed by atoms with van der Waals surface area (Å²) >= 11 is 1.82. The summed E-state index contributed by atoms with van der Waals surface area (Å²) in [5, 5.41) is 4.53. The van der Waals surface area contributed by atoms with Gasteiger partial charge in [-0.3, -0.25) is 0 Å². The van der Waals surface area contributed by atoms with Crippen LogP contribution in [0.5, 0.6) is 0 Å². The van der Waals surface area contributed by atoms with E-state index in [0.29, 0.717) is 5.92 Å². The number of hydrogen-bond acceptors (Lipinski definition) is 1. The van der Waals surface area contributed by atoms with Crippen LogP contribution in [0.25, 0.3) is 0 Å². The van der Waals surface area contributed by atoms with E-state index in [-0.39, 0.29) is 0 Å². The molecule has 0 atom stereocenters. The summed E-state index contributed by atoms with van der Waals surface area (Å²) in [6.45, 7) is 11.0. The van der Waals surface area contributed by atoms with Gasteiger partial charge in [0, 0.05) is 0 Å². The molecule has 0 spiro atoms. The van der Waals surface area contributed by atoms with E-state index in [2.05, 4.69) is 45.4 Å². The molecule has 76 valence electrons. The lowest BCUT2D eigenvalue weighted by atomic mass is 10.0. The Morgan fingerprint density at radius 3 is 2.00 bits per heavy atom. The molecule has 1 aromatic rings. The number of rotatable bonds is 2. The third-order valence-corrected chi connectivity index (χ3v) is 2.59. The molecule has 0 saturated heterocycles. The van der Waals surface area contributed by atoms with E-state index >= 15 is 0 Å². The van der Waals surface area contributed by atoms with Crippen LogP contribution in [0.1, 0.15) is 58.1 Å². The lowest BCUT2D eigenvalue weighted by molar-refractivity contribution is 0.852.